The summed E-state index contributed by atoms with van der Waals surface area (Å²) in [7, 11) is 0. The molecule has 88 valence electrons. The zero-order valence-corrected chi connectivity index (χ0v) is 8.01. The SMILES string of the molecule is Nc1c(F)ccc(NCC(F)F)c1C(=O)O. The van der Waals surface area contributed by atoms with Crippen molar-refractivity contribution in [3.63, 3.8) is 0 Å². The van der Waals surface area contributed by atoms with Gasteiger partial charge in [-0.1, -0.05) is 0 Å². The summed E-state index contributed by atoms with van der Waals surface area (Å²) in [5.74, 6) is -2.38. The van der Waals surface area contributed by atoms with Crippen LogP contribution in [-0.2, 0) is 0 Å². The van der Waals surface area contributed by atoms with Crippen LogP contribution in [0.4, 0.5) is 24.5 Å². The second-order valence-corrected chi connectivity index (χ2v) is 2.96. The highest BCUT2D eigenvalue weighted by atomic mass is 19.3. The molecule has 0 saturated carbocycles. The second-order valence-electron chi connectivity index (χ2n) is 2.96. The lowest BCUT2D eigenvalue weighted by Gasteiger charge is -2.11. The summed E-state index contributed by atoms with van der Waals surface area (Å²) < 4.78 is 36.8. The lowest BCUT2D eigenvalue weighted by Crippen LogP contribution is -2.15. The smallest absolute Gasteiger partial charge is 0.340 e. The number of anilines is 2. The molecule has 7 heteroatoms. The van der Waals surface area contributed by atoms with Crippen LogP contribution in [0.1, 0.15) is 10.4 Å². The van der Waals surface area contributed by atoms with Gasteiger partial charge in [0.1, 0.15) is 11.4 Å². The Bertz CT molecular complexity index is 410. The van der Waals surface area contributed by atoms with E-state index in [1.54, 1.807) is 0 Å². The summed E-state index contributed by atoms with van der Waals surface area (Å²) >= 11 is 0. The van der Waals surface area contributed by atoms with Crippen LogP contribution in [-0.4, -0.2) is 24.0 Å². The molecular weight excluding hydrogens is 225 g/mol. The first kappa shape index (κ1) is 12.2. The van der Waals surface area contributed by atoms with Gasteiger partial charge in [0.2, 0.25) is 0 Å². The minimum atomic E-state index is -2.65. The number of nitrogens with two attached hydrogens (primary N) is 1. The molecular formula is C9H9F3N2O2. The van der Waals surface area contributed by atoms with Crippen LogP contribution in [0, 0.1) is 5.82 Å². The number of nitrogen functional groups attached to an aromatic ring is 1. The van der Waals surface area contributed by atoms with Crippen molar-refractivity contribution in [3.8, 4) is 0 Å². The molecule has 0 aromatic heterocycles. The maximum absolute atomic E-state index is 13.0. The van der Waals surface area contributed by atoms with Crippen molar-refractivity contribution in [2.75, 3.05) is 17.6 Å². The van der Waals surface area contributed by atoms with E-state index in [9.17, 15) is 18.0 Å². The Balaban J connectivity index is 3.08. The molecule has 1 aromatic rings. The third kappa shape index (κ3) is 2.56. The van der Waals surface area contributed by atoms with Crippen molar-refractivity contribution in [2.24, 2.45) is 0 Å². The van der Waals surface area contributed by atoms with E-state index in [1.165, 1.54) is 0 Å². The normalized spacial score (nSPS) is 10.5. The number of alkyl halides is 2. The standard InChI is InChI=1S/C9H9F3N2O2/c10-4-1-2-5(14-3-6(11)12)7(8(4)13)9(15)16/h1-2,6,14H,3,13H2,(H,15,16). The molecule has 1 aromatic carbocycles. The van der Waals surface area contributed by atoms with Crippen molar-refractivity contribution in [3.05, 3.63) is 23.5 Å². The highest BCUT2D eigenvalue weighted by Crippen LogP contribution is 2.25. The Labute approximate surface area is 88.9 Å². The molecule has 0 aliphatic heterocycles. The van der Waals surface area contributed by atoms with E-state index in [2.05, 4.69) is 5.32 Å². The number of halogens is 3. The van der Waals surface area contributed by atoms with Gasteiger partial charge in [-0.25, -0.2) is 18.0 Å². The molecule has 0 heterocycles. The molecule has 0 aliphatic carbocycles. The average Bonchev–Trinajstić information content (AvgIpc) is 2.19. The first-order valence-corrected chi connectivity index (χ1v) is 4.26. The second kappa shape index (κ2) is 4.73. The van der Waals surface area contributed by atoms with Crippen molar-refractivity contribution in [1.82, 2.24) is 0 Å². The molecule has 0 fully saturated rings. The van der Waals surface area contributed by atoms with Crippen LogP contribution >= 0.6 is 0 Å². The van der Waals surface area contributed by atoms with Gasteiger partial charge in [-0.3, -0.25) is 0 Å². The van der Waals surface area contributed by atoms with Gasteiger partial charge in [-0.15, -0.1) is 0 Å². The third-order valence-electron chi connectivity index (χ3n) is 1.85. The largest absolute Gasteiger partial charge is 0.478 e. The summed E-state index contributed by atoms with van der Waals surface area (Å²) in [4.78, 5) is 10.8. The summed E-state index contributed by atoms with van der Waals surface area (Å²) in [5.41, 5.74) is 3.96. The van der Waals surface area contributed by atoms with Gasteiger partial charge in [-0.05, 0) is 12.1 Å². The van der Waals surface area contributed by atoms with Gasteiger partial charge in [0.15, 0.2) is 0 Å². The van der Waals surface area contributed by atoms with Gasteiger partial charge in [0.25, 0.3) is 6.43 Å². The fourth-order valence-electron chi connectivity index (χ4n) is 1.16. The first-order chi connectivity index (χ1) is 7.43. The van der Waals surface area contributed by atoms with E-state index in [4.69, 9.17) is 10.8 Å². The molecule has 0 bridgehead atoms. The maximum Gasteiger partial charge on any atom is 0.340 e. The quantitative estimate of drug-likeness (QED) is 0.694. The van der Waals surface area contributed by atoms with Crippen LogP contribution in [0.5, 0.6) is 0 Å². The predicted octanol–water partition coefficient (Wildman–Crippen LogP) is 1.78. The van der Waals surface area contributed by atoms with Crippen molar-refractivity contribution >= 4 is 17.3 Å². The molecule has 0 saturated heterocycles. The van der Waals surface area contributed by atoms with E-state index in [0.29, 0.717) is 0 Å². The zero-order chi connectivity index (χ0) is 12.3. The lowest BCUT2D eigenvalue weighted by atomic mass is 10.1. The number of carboxylic acid groups (broad SMARTS) is 1. The molecule has 0 atom stereocenters. The Kier molecular flexibility index (Phi) is 3.60. The van der Waals surface area contributed by atoms with Crippen molar-refractivity contribution < 1.29 is 23.1 Å². The number of benzene rings is 1. The summed E-state index contributed by atoms with van der Waals surface area (Å²) in [5, 5.41) is 10.9. The van der Waals surface area contributed by atoms with E-state index < -0.39 is 36.0 Å². The van der Waals surface area contributed by atoms with Gasteiger partial charge >= 0.3 is 5.97 Å². The Morgan fingerprint density at radius 1 is 1.50 bits per heavy atom. The number of aromatic carboxylic acids is 1. The Morgan fingerprint density at radius 3 is 2.62 bits per heavy atom. The van der Waals surface area contributed by atoms with Gasteiger partial charge in [-0.2, -0.15) is 0 Å². The summed E-state index contributed by atoms with van der Waals surface area (Å²) in [6.45, 7) is -0.731. The number of rotatable bonds is 4. The fourth-order valence-corrected chi connectivity index (χ4v) is 1.16. The third-order valence-corrected chi connectivity index (χ3v) is 1.85. The van der Waals surface area contributed by atoms with Crippen LogP contribution in [0.2, 0.25) is 0 Å². The maximum atomic E-state index is 13.0. The minimum Gasteiger partial charge on any atom is -0.478 e. The van der Waals surface area contributed by atoms with Crippen LogP contribution in [0.25, 0.3) is 0 Å². The molecule has 16 heavy (non-hydrogen) atoms. The van der Waals surface area contributed by atoms with E-state index in [-0.39, 0.29) is 5.69 Å². The molecule has 0 radical (unpaired) electrons. The molecule has 1 rings (SSSR count). The highest BCUT2D eigenvalue weighted by molar-refractivity contribution is 6.00. The van der Waals surface area contributed by atoms with Crippen molar-refractivity contribution in [2.45, 2.75) is 6.43 Å². The Morgan fingerprint density at radius 2 is 2.12 bits per heavy atom. The van der Waals surface area contributed by atoms with E-state index in [1.807, 2.05) is 0 Å². The highest BCUT2D eigenvalue weighted by Gasteiger charge is 2.17. The summed E-state index contributed by atoms with van der Waals surface area (Å²) in [6, 6.07) is 1.97. The van der Waals surface area contributed by atoms with Crippen LogP contribution < -0.4 is 11.1 Å². The predicted molar refractivity (Wildman–Crippen MR) is 52.3 cm³/mol. The first-order valence-electron chi connectivity index (χ1n) is 4.26. The molecule has 4 nitrogen and oxygen atoms in total. The molecule has 4 N–H and O–H groups in total. The Hall–Kier alpha value is -1.92. The monoisotopic (exact) mass is 234 g/mol. The van der Waals surface area contributed by atoms with Crippen LogP contribution in [0.15, 0.2) is 12.1 Å². The molecule has 0 amide bonds. The van der Waals surface area contributed by atoms with Gasteiger partial charge in [0, 0.05) is 0 Å². The topological polar surface area (TPSA) is 75.3 Å². The average molecular weight is 234 g/mol. The lowest BCUT2D eigenvalue weighted by molar-refractivity contribution is 0.0698. The number of hydrogen-bond acceptors (Lipinski definition) is 3. The van der Waals surface area contributed by atoms with E-state index in [0.717, 1.165) is 12.1 Å². The molecule has 0 aliphatic rings. The minimum absolute atomic E-state index is 0.133. The number of hydrogen-bond donors (Lipinski definition) is 3. The molecule has 0 spiro atoms. The van der Waals surface area contributed by atoms with Crippen LogP contribution in [0.3, 0.4) is 0 Å². The van der Waals surface area contributed by atoms with E-state index >= 15 is 0 Å². The zero-order valence-electron chi connectivity index (χ0n) is 8.01. The molecule has 0 unspecified atom stereocenters. The van der Waals surface area contributed by atoms with Gasteiger partial charge < -0.3 is 16.2 Å². The fraction of sp³-hybridized carbons (Fsp3) is 0.222. The number of carbonyl (C=O) groups is 1. The van der Waals surface area contributed by atoms with Crippen molar-refractivity contribution in [1.29, 1.82) is 0 Å². The summed E-state index contributed by atoms with van der Waals surface area (Å²) in [6.07, 6.45) is -2.65. The number of nitrogens with one attached hydrogen (secondary N) is 1. The number of carboxylic acids is 1. The van der Waals surface area contributed by atoms with Gasteiger partial charge in [0.05, 0.1) is 17.9 Å².